The molecule has 2 nitrogen and oxygen atoms in total. The molecule has 0 radical (unpaired) electrons. The second kappa shape index (κ2) is 5.35. The van der Waals surface area contributed by atoms with Crippen LogP contribution in [-0.2, 0) is 0 Å². The summed E-state index contributed by atoms with van der Waals surface area (Å²) >= 11 is 0. The molecule has 1 aromatic carbocycles. The van der Waals surface area contributed by atoms with Gasteiger partial charge in [0, 0.05) is 18.5 Å². The summed E-state index contributed by atoms with van der Waals surface area (Å²) < 4.78 is 5.81. The second-order valence-electron chi connectivity index (χ2n) is 4.86. The molecule has 2 rings (SSSR count). The fourth-order valence-corrected chi connectivity index (χ4v) is 1.66. The lowest BCUT2D eigenvalue weighted by atomic mass is 10.2. The topological polar surface area (TPSA) is 21.3 Å². The average Bonchev–Trinajstić information content (AvgIpc) is 3.09. The molecule has 0 heterocycles. The SMILES string of the molecule is Cc1ccccc1OCC(C)CNC1CC1. The Kier molecular flexibility index (Phi) is 3.83. The van der Waals surface area contributed by atoms with Crippen molar-refractivity contribution in [2.75, 3.05) is 13.2 Å². The predicted molar refractivity (Wildman–Crippen MR) is 66.9 cm³/mol. The number of rotatable bonds is 6. The highest BCUT2D eigenvalue weighted by molar-refractivity contribution is 5.31. The van der Waals surface area contributed by atoms with Gasteiger partial charge in [-0.3, -0.25) is 0 Å². The van der Waals surface area contributed by atoms with Crippen molar-refractivity contribution >= 4 is 0 Å². The number of hydrogen-bond acceptors (Lipinski definition) is 2. The van der Waals surface area contributed by atoms with Gasteiger partial charge in [-0.05, 0) is 31.4 Å². The highest BCUT2D eigenvalue weighted by Crippen LogP contribution is 2.19. The molecule has 1 aliphatic carbocycles. The van der Waals surface area contributed by atoms with Crippen molar-refractivity contribution in [3.63, 3.8) is 0 Å². The van der Waals surface area contributed by atoms with E-state index in [0.29, 0.717) is 5.92 Å². The Bertz CT molecular complexity index is 333. The van der Waals surface area contributed by atoms with E-state index in [0.717, 1.165) is 24.9 Å². The molecule has 16 heavy (non-hydrogen) atoms. The van der Waals surface area contributed by atoms with E-state index in [-0.39, 0.29) is 0 Å². The van der Waals surface area contributed by atoms with Gasteiger partial charge >= 0.3 is 0 Å². The third-order valence-electron chi connectivity index (χ3n) is 2.95. The van der Waals surface area contributed by atoms with E-state index >= 15 is 0 Å². The maximum atomic E-state index is 5.81. The highest BCUT2D eigenvalue weighted by Gasteiger charge is 2.20. The van der Waals surface area contributed by atoms with Crippen LogP contribution in [0, 0.1) is 12.8 Å². The molecule has 1 unspecified atom stereocenters. The maximum Gasteiger partial charge on any atom is 0.122 e. The lowest BCUT2D eigenvalue weighted by Crippen LogP contribution is -2.26. The summed E-state index contributed by atoms with van der Waals surface area (Å²) in [7, 11) is 0. The summed E-state index contributed by atoms with van der Waals surface area (Å²) in [5, 5.41) is 3.53. The van der Waals surface area contributed by atoms with Crippen LogP contribution in [0.4, 0.5) is 0 Å². The highest BCUT2D eigenvalue weighted by atomic mass is 16.5. The van der Waals surface area contributed by atoms with Crippen molar-refractivity contribution in [3.8, 4) is 5.75 Å². The average molecular weight is 219 g/mol. The minimum Gasteiger partial charge on any atom is -0.493 e. The van der Waals surface area contributed by atoms with Crippen LogP contribution in [0.3, 0.4) is 0 Å². The van der Waals surface area contributed by atoms with Crippen molar-refractivity contribution in [1.29, 1.82) is 0 Å². The van der Waals surface area contributed by atoms with Gasteiger partial charge in [0.1, 0.15) is 5.75 Å². The first-order valence-electron chi connectivity index (χ1n) is 6.17. The summed E-state index contributed by atoms with van der Waals surface area (Å²) in [5.74, 6) is 1.58. The van der Waals surface area contributed by atoms with Crippen molar-refractivity contribution in [3.05, 3.63) is 29.8 Å². The monoisotopic (exact) mass is 219 g/mol. The normalized spacial score (nSPS) is 17.1. The smallest absolute Gasteiger partial charge is 0.122 e. The first-order chi connectivity index (χ1) is 7.75. The van der Waals surface area contributed by atoms with Gasteiger partial charge < -0.3 is 10.1 Å². The number of hydrogen-bond donors (Lipinski definition) is 1. The van der Waals surface area contributed by atoms with Gasteiger partial charge in [0.05, 0.1) is 6.61 Å². The first-order valence-corrected chi connectivity index (χ1v) is 6.17. The zero-order chi connectivity index (χ0) is 11.4. The van der Waals surface area contributed by atoms with Gasteiger partial charge in [0.2, 0.25) is 0 Å². The van der Waals surface area contributed by atoms with E-state index in [1.54, 1.807) is 0 Å². The number of para-hydroxylation sites is 1. The van der Waals surface area contributed by atoms with Crippen molar-refractivity contribution in [2.45, 2.75) is 32.7 Å². The van der Waals surface area contributed by atoms with Gasteiger partial charge in [-0.1, -0.05) is 25.1 Å². The summed E-state index contributed by atoms with van der Waals surface area (Å²) in [6.45, 7) is 6.18. The van der Waals surface area contributed by atoms with Gasteiger partial charge in [-0.2, -0.15) is 0 Å². The lowest BCUT2D eigenvalue weighted by molar-refractivity contribution is 0.254. The summed E-state index contributed by atoms with van der Waals surface area (Å²) in [5.41, 5.74) is 1.21. The van der Waals surface area contributed by atoms with E-state index in [9.17, 15) is 0 Å². The zero-order valence-electron chi connectivity index (χ0n) is 10.2. The summed E-state index contributed by atoms with van der Waals surface area (Å²) in [4.78, 5) is 0. The Labute approximate surface area is 98.0 Å². The molecule has 1 saturated carbocycles. The molecule has 0 aliphatic heterocycles. The van der Waals surface area contributed by atoms with E-state index < -0.39 is 0 Å². The molecule has 1 aromatic rings. The quantitative estimate of drug-likeness (QED) is 0.794. The number of nitrogens with one attached hydrogen (secondary N) is 1. The number of aryl methyl sites for hydroxylation is 1. The van der Waals surface area contributed by atoms with Crippen LogP contribution in [0.2, 0.25) is 0 Å². The Morgan fingerprint density at radius 2 is 2.12 bits per heavy atom. The lowest BCUT2D eigenvalue weighted by Gasteiger charge is -2.14. The Hall–Kier alpha value is -1.02. The molecule has 2 heteroatoms. The van der Waals surface area contributed by atoms with E-state index in [1.165, 1.54) is 18.4 Å². The van der Waals surface area contributed by atoms with E-state index in [2.05, 4.69) is 25.2 Å². The van der Waals surface area contributed by atoms with Crippen LogP contribution in [0.25, 0.3) is 0 Å². The maximum absolute atomic E-state index is 5.81. The Balaban J connectivity index is 1.71. The largest absolute Gasteiger partial charge is 0.493 e. The van der Waals surface area contributed by atoms with Crippen LogP contribution in [0.5, 0.6) is 5.75 Å². The van der Waals surface area contributed by atoms with Crippen LogP contribution in [-0.4, -0.2) is 19.2 Å². The van der Waals surface area contributed by atoms with Crippen LogP contribution in [0.1, 0.15) is 25.3 Å². The van der Waals surface area contributed by atoms with Gasteiger partial charge in [-0.25, -0.2) is 0 Å². The molecule has 88 valence electrons. The molecule has 0 amide bonds. The van der Waals surface area contributed by atoms with Gasteiger partial charge in [-0.15, -0.1) is 0 Å². The molecule has 1 atom stereocenters. The Morgan fingerprint density at radius 1 is 1.38 bits per heavy atom. The predicted octanol–water partition coefficient (Wildman–Crippen LogP) is 2.76. The molecular weight excluding hydrogens is 198 g/mol. The Morgan fingerprint density at radius 3 is 2.81 bits per heavy atom. The standard InChI is InChI=1S/C14H21NO/c1-11(9-15-13-7-8-13)10-16-14-6-4-3-5-12(14)2/h3-6,11,13,15H,7-10H2,1-2H3. The molecule has 0 bridgehead atoms. The first kappa shape index (κ1) is 11.5. The number of ether oxygens (including phenoxy) is 1. The molecule has 0 spiro atoms. The van der Waals surface area contributed by atoms with Crippen LogP contribution in [0.15, 0.2) is 24.3 Å². The van der Waals surface area contributed by atoms with Gasteiger partial charge in [0.15, 0.2) is 0 Å². The minimum atomic E-state index is 0.570. The molecule has 1 aliphatic rings. The molecule has 1 fully saturated rings. The van der Waals surface area contributed by atoms with Crippen molar-refractivity contribution < 1.29 is 4.74 Å². The number of benzene rings is 1. The third-order valence-corrected chi connectivity index (χ3v) is 2.95. The second-order valence-corrected chi connectivity index (χ2v) is 4.86. The molecule has 1 N–H and O–H groups in total. The van der Waals surface area contributed by atoms with Crippen LogP contribution >= 0.6 is 0 Å². The van der Waals surface area contributed by atoms with Gasteiger partial charge in [0.25, 0.3) is 0 Å². The third kappa shape index (κ3) is 3.53. The zero-order valence-corrected chi connectivity index (χ0v) is 10.2. The van der Waals surface area contributed by atoms with Crippen LogP contribution < -0.4 is 10.1 Å². The fraction of sp³-hybridized carbons (Fsp3) is 0.571. The summed E-state index contributed by atoms with van der Waals surface area (Å²) in [6.07, 6.45) is 2.71. The minimum absolute atomic E-state index is 0.570. The summed E-state index contributed by atoms with van der Waals surface area (Å²) in [6, 6.07) is 8.98. The molecular formula is C14H21NO. The van der Waals surface area contributed by atoms with E-state index in [4.69, 9.17) is 4.74 Å². The molecule has 0 aromatic heterocycles. The van der Waals surface area contributed by atoms with E-state index in [1.807, 2.05) is 18.2 Å². The molecule has 0 saturated heterocycles. The fourth-order valence-electron chi connectivity index (χ4n) is 1.66. The van der Waals surface area contributed by atoms with Crippen molar-refractivity contribution in [1.82, 2.24) is 5.32 Å². The van der Waals surface area contributed by atoms with Crippen molar-refractivity contribution in [2.24, 2.45) is 5.92 Å².